The second kappa shape index (κ2) is 35.5. The van der Waals surface area contributed by atoms with Gasteiger partial charge in [-0.25, -0.2) is 14.4 Å². The minimum absolute atomic E-state index is 0.0418. The Bertz CT molecular complexity index is 2160. The Morgan fingerprint density at radius 3 is 1.90 bits per heavy atom. The molecule has 2 rings (SSSR count). The highest BCUT2D eigenvalue weighted by molar-refractivity contribution is 5.92. The van der Waals surface area contributed by atoms with Gasteiger partial charge in [-0.1, -0.05) is 134 Å². The Balaban J connectivity index is 2.15. The highest BCUT2D eigenvalue weighted by atomic mass is 16.7. The Kier molecular flexibility index (Phi) is 31.4. The minimum atomic E-state index is -1.44. The van der Waals surface area contributed by atoms with E-state index in [4.69, 9.17) is 23.7 Å². The molecule has 22 nitrogen and oxygen atoms in total. The van der Waals surface area contributed by atoms with Crippen LogP contribution in [0.15, 0.2) is 30.3 Å². The molecule has 1 aromatic rings. The largest absolute Gasteiger partial charge is 0.444 e. The van der Waals surface area contributed by atoms with Crippen molar-refractivity contribution >= 4 is 47.7 Å². The number of rotatable bonds is 34. The number of esters is 1. The Morgan fingerprint density at radius 2 is 1.37 bits per heavy atom. The van der Waals surface area contributed by atoms with Gasteiger partial charge in [0.15, 0.2) is 6.29 Å². The average molecular weight is 1160 g/mol. The van der Waals surface area contributed by atoms with Crippen molar-refractivity contribution < 1.29 is 72.3 Å². The molecule has 0 saturated carbocycles. The summed E-state index contributed by atoms with van der Waals surface area (Å²) in [5.41, 5.74) is 0.705. The van der Waals surface area contributed by atoms with Gasteiger partial charge in [-0.15, -0.1) is 0 Å². The third-order valence-electron chi connectivity index (χ3n) is 15.8. The van der Waals surface area contributed by atoms with Gasteiger partial charge < -0.3 is 65.0 Å². The number of likely N-dealkylation sites (tertiary alicyclic amines) is 1. The van der Waals surface area contributed by atoms with E-state index in [1.54, 1.807) is 60.4 Å². The van der Waals surface area contributed by atoms with E-state index in [2.05, 4.69) is 21.3 Å². The summed E-state index contributed by atoms with van der Waals surface area (Å²) in [6, 6.07) is 4.71. The quantitative estimate of drug-likeness (QED) is 0.0333. The van der Waals surface area contributed by atoms with Crippen molar-refractivity contribution in [2.75, 3.05) is 47.5 Å². The smallest absolute Gasteiger partial charge is 0.413 e. The lowest BCUT2D eigenvalue weighted by molar-refractivity contribution is -0.181. The zero-order chi connectivity index (χ0) is 62.3. The monoisotopic (exact) mass is 1160 g/mol. The zero-order valence-electron chi connectivity index (χ0n) is 52.4. The molecule has 0 bridgehead atoms. The predicted molar refractivity (Wildman–Crippen MR) is 310 cm³/mol. The molecule has 1 heterocycles. The number of ether oxygens (including phenoxy) is 5. The number of hydrogen-bond donors (Lipinski definition) is 6. The van der Waals surface area contributed by atoms with Crippen LogP contribution in [0.3, 0.4) is 0 Å². The third kappa shape index (κ3) is 21.9. The molecule has 1 fully saturated rings. The fraction of sp³-hybridized carbons (Fsp3) is 0.767. The Morgan fingerprint density at radius 1 is 0.744 bits per heavy atom. The number of likely N-dealkylation sites (N-methyl/N-ethyl adjacent to an activating group) is 2. The van der Waals surface area contributed by atoms with Crippen LogP contribution >= 0.6 is 0 Å². The second-order valence-corrected chi connectivity index (χ2v) is 23.6. The molecule has 1 aliphatic heterocycles. The van der Waals surface area contributed by atoms with E-state index in [9.17, 15) is 48.6 Å². The molecular formula is C60H103N7O15. The fourth-order valence-electron chi connectivity index (χ4n) is 10.4. The molecule has 0 radical (unpaired) electrons. The van der Waals surface area contributed by atoms with Gasteiger partial charge >= 0.3 is 18.2 Å². The van der Waals surface area contributed by atoms with Gasteiger partial charge in [-0.05, 0) is 67.3 Å². The van der Waals surface area contributed by atoms with Crippen molar-refractivity contribution in [2.45, 2.75) is 203 Å². The topological polar surface area (TPSA) is 281 Å². The number of aliphatic hydroxyl groups excluding tert-OH is 2. The average Bonchev–Trinajstić information content (AvgIpc) is 3.93. The molecule has 6 N–H and O–H groups in total. The SMILES string of the molecule is CCC(CO)OC(COC(=O)NCCC(=O)N[C@H](C(=O)OC(OC(=O)N(C)[C@H](C(=O)N[C@H](C(=O)N(C)[C@H]([C@H](C)CC(=O)N1CCC[C@H]1[C@H](C)[C@@H](C)C(=O)N[C@H](C)[C@@H](O)c1ccccc1)[C@@H](C)CC)C(C)C)C(C)C)C(C)C)C(C)C)OC. The lowest BCUT2D eigenvalue weighted by atomic mass is 9.84. The first kappa shape index (κ1) is 72.5. The molecule has 468 valence electrons. The number of benzene rings is 1. The summed E-state index contributed by atoms with van der Waals surface area (Å²) < 4.78 is 27.2. The summed E-state index contributed by atoms with van der Waals surface area (Å²) in [4.78, 5) is 114. The van der Waals surface area contributed by atoms with Crippen molar-refractivity contribution in [2.24, 2.45) is 47.3 Å². The van der Waals surface area contributed by atoms with Gasteiger partial charge in [0, 0.05) is 71.1 Å². The summed E-state index contributed by atoms with van der Waals surface area (Å²) in [5, 5.41) is 31.3. The number of carbonyl (C=O) groups excluding carboxylic acids is 8. The van der Waals surface area contributed by atoms with Gasteiger partial charge in [0.25, 0.3) is 6.29 Å². The number of alkyl carbamates (subject to hydrolysis) is 1. The molecule has 3 unspecified atom stereocenters. The standard InChI is InChI=1S/C60H103N7O15/c1-19-38(11)52(39(12)31-47(70)67-30-24-27-45(67)40(13)41(14)54(72)62-42(15)53(71)43-25-22-21-23-26-43)65(16)56(74)49(34(3)4)64-55(73)51(36(7)8)66(17)60(77)82-58(37(9)10)81-57(75)50(35(5)6)63-46(69)28-29-61-59(76)79-33-48(78-18)80-44(20-2)32-68/h21-23,25-26,34-42,44-45,48-53,58,68,71H,19-20,24,27-33H2,1-18H3,(H,61,76)(H,62,72)(H,63,69)(H,64,73)/t38-,39+,40+,41+,42+,44?,45-,48?,49-,50-,51-,52-,53+,58?/m0/s1. The first-order valence-electron chi connectivity index (χ1n) is 29.5. The molecule has 1 saturated heterocycles. The van der Waals surface area contributed by atoms with E-state index in [-0.39, 0.29) is 74.1 Å². The number of amides is 7. The number of nitrogens with zero attached hydrogens (tertiary/aromatic N) is 3. The normalized spacial score (nSPS) is 18.3. The maximum atomic E-state index is 14.7. The zero-order valence-corrected chi connectivity index (χ0v) is 52.4. The van der Waals surface area contributed by atoms with Crippen LogP contribution in [0.4, 0.5) is 9.59 Å². The van der Waals surface area contributed by atoms with Crippen molar-refractivity contribution in [1.82, 2.24) is 36.0 Å². The lowest BCUT2D eigenvalue weighted by Gasteiger charge is -2.40. The van der Waals surface area contributed by atoms with Crippen LogP contribution in [0.2, 0.25) is 0 Å². The van der Waals surface area contributed by atoms with Gasteiger partial charge in [-0.3, -0.25) is 28.9 Å². The van der Waals surface area contributed by atoms with Gasteiger partial charge in [0.1, 0.15) is 24.7 Å². The molecule has 7 amide bonds. The van der Waals surface area contributed by atoms with Crippen LogP contribution in [0, 0.1) is 47.3 Å². The summed E-state index contributed by atoms with van der Waals surface area (Å²) in [6.45, 7) is 27.2. The third-order valence-corrected chi connectivity index (χ3v) is 15.8. The van der Waals surface area contributed by atoms with Crippen LogP contribution < -0.4 is 21.3 Å². The molecule has 0 spiro atoms. The van der Waals surface area contributed by atoms with Crippen molar-refractivity contribution in [1.29, 1.82) is 0 Å². The van der Waals surface area contributed by atoms with E-state index in [0.29, 0.717) is 24.9 Å². The highest BCUT2D eigenvalue weighted by Gasteiger charge is 2.42. The molecule has 1 aromatic carbocycles. The van der Waals surface area contributed by atoms with Gasteiger partial charge in [-0.2, -0.15) is 0 Å². The summed E-state index contributed by atoms with van der Waals surface area (Å²) in [5.74, 6) is -5.60. The minimum Gasteiger partial charge on any atom is -0.444 e. The fourth-order valence-corrected chi connectivity index (χ4v) is 10.4. The number of aliphatic hydroxyl groups is 2. The number of nitrogens with one attached hydrogen (secondary N) is 4. The molecule has 14 atom stereocenters. The van der Waals surface area contributed by atoms with Gasteiger partial charge in [0.2, 0.25) is 29.5 Å². The van der Waals surface area contributed by atoms with Crippen LogP contribution in [0.25, 0.3) is 0 Å². The van der Waals surface area contributed by atoms with Crippen LogP contribution in [-0.2, 0) is 52.5 Å². The van der Waals surface area contributed by atoms with E-state index in [1.165, 1.54) is 14.2 Å². The predicted octanol–water partition coefficient (Wildman–Crippen LogP) is 6.16. The Hall–Kier alpha value is -5.58. The maximum absolute atomic E-state index is 14.7. The van der Waals surface area contributed by atoms with E-state index in [1.807, 2.05) is 90.6 Å². The van der Waals surface area contributed by atoms with Gasteiger partial charge in [0.05, 0.1) is 24.9 Å². The van der Waals surface area contributed by atoms with Crippen LogP contribution in [-0.4, -0.2) is 175 Å². The molecule has 22 heteroatoms. The highest BCUT2D eigenvalue weighted by Crippen LogP contribution is 2.33. The molecule has 82 heavy (non-hydrogen) atoms. The number of carbonyl (C=O) groups is 8. The molecular weight excluding hydrogens is 1060 g/mol. The first-order chi connectivity index (χ1) is 38.5. The lowest BCUT2D eigenvalue weighted by Crippen LogP contribution is -2.59. The van der Waals surface area contributed by atoms with E-state index in [0.717, 1.165) is 17.7 Å². The Labute approximate surface area is 488 Å². The summed E-state index contributed by atoms with van der Waals surface area (Å²) >= 11 is 0. The van der Waals surface area contributed by atoms with Crippen molar-refractivity contribution in [3.8, 4) is 0 Å². The number of hydrogen-bond acceptors (Lipinski definition) is 15. The molecule has 1 aliphatic rings. The van der Waals surface area contributed by atoms with Crippen molar-refractivity contribution in [3.05, 3.63) is 35.9 Å². The molecule has 0 aromatic heterocycles. The van der Waals surface area contributed by atoms with Crippen molar-refractivity contribution in [3.63, 3.8) is 0 Å². The first-order valence-corrected chi connectivity index (χ1v) is 29.5. The maximum Gasteiger partial charge on any atom is 0.413 e. The van der Waals surface area contributed by atoms with Crippen LogP contribution in [0.1, 0.15) is 154 Å². The second-order valence-electron chi connectivity index (χ2n) is 23.6. The summed E-state index contributed by atoms with van der Waals surface area (Å²) in [7, 11) is 4.44. The molecule has 0 aliphatic carbocycles. The number of methoxy groups -OCH3 is 1. The summed E-state index contributed by atoms with van der Waals surface area (Å²) in [6.07, 6.45) is -2.89. The van der Waals surface area contributed by atoms with Crippen LogP contribution in [0.5, 0.6) is 0 Å². The van der Waals surface area contributed by atoms with E-state index >= 15 is 0 Å². The van der Waals surface area contributed by atoms with E-state index < -0.39 is 115 Å².